The fraction of sp³-hybridized carbons (Fsp3) is 0.714. The Morgan fingerprint density at radius 1 is 1.21 bits per heavy atom. The summed E-state index contributed by atoms with van der Waals surface area (Å²) in [7, 11) is 1.75. The van der Waals surface area contributed by atoms with Crippen molar-refractivity contribution in [3.05, 3.63) is 20.2 Å². The standard InChI is InChI=1S/C14H20ClIN2O/c1-13(2,3)10-9(16)11(15)18-12(17-10)14(19-4)7-5-6-8-14/h5-8H2,1-4H3. The minimum atomic E-state index is -0.339. The van der Waals surface area contributed by atoms with Gasteiger partial charge < -0.3 is 4.74 Å². The molecule has 1 aromatic heterocycles. The average Bonchev–Trinajstić information content (AvgIpc) is 2.80. The first-order valence-electron chi connectivity index (χ1n) is 6.59. The Morgan fingerprint density at radius 2 is 1.79 bits per heavy atom. The molecule has 0 bridgehead atoms. The molecule has 1 aliphatic carbocycles. The van der Waals surface area contributed by atoms with E-state index in [2.05, 4.69) is 48.3 Å². The number of hydrogen-bond donors (Lipinski definition) is 0. The zero-order valence-electron chi connectivity index (χ0n) is 11.9. The van der Waals surface area contributed by atoms with Crippen LogP contribution in [0, 0.1) is 3.57 Å². The second-order valence-corrected chi connectivity index (χ2v) is 7.59. The molecule has 1 heterocycles. The van der Waals surface area contributed by atoms with Gasteiger partial charge in [0.05, 0.1) is 9.26 Å². The van der Waals surface area contributed by atoms with Crippen molar-refractivity contribution >= 4 is 34.2 Å². The van der Waals surface area contributed by atoms with Gasteiger partial charge in [-0.3, -0.25) is 0 Å². The normalized spacial score (nSPS) is 18.8. The summed E-state index contributed by atoms with van der Waals surface area (Å²) in [5, 5.41) is 0.541. The largest absolute Gasteiger partial charge is 0.370 e. The number of aromatic nitrogens is 2. The van der Waals surface area contributed by atoms with E-state index in [-0.39, 0.29) is 11.0 Å². The van der Waals surface area contributed by atoms with Crippen molar-refractivity contribution in [2.24, 2.45) is 0 Å². The maximum atomic E-state index is 6.31. The molecule has 0 N–H and O–H groups in total. The number of halogens is 2. The molecule has 0 unspecified atom stereocenters. The fourth-order valence-electron chi connectivity index (χ4n) is 2.59. The van der Waals surface area contributed by atoms with E-state index in [1.807, 2.05) is 0 Å². The van der Waals surface area contributed by atoms with Crippen molar-refractivity contribution in [2.75, 3.05) is 7.11 Å². The summed E-state index contributed by atoms with van der Waals surface area (Å²) in [4.78, 5) is 9.30. The van der Waals surface area contributed by atoms with Crippen molar-refractivity contribution in [3.8, 4) is 0 Å². The van der Waals surface area contributed by atoms with E-state index in [1.54, 1.807) is 7.11 Å². The average molecular weight is 395 g/mol. The third kappa shape index (κ3) is 2.90. The first-order chi connectivity index (χ1) is 8.80. The first-order valence-corrected chi connectivity index (χ1v) is 8.05. The first kappa shape index (κ1) is 15.4. The molecule has 1 fully saturated rings. The summed E-state index contributed by atoms with van der Waals surface area (Å²) < 4.78 is 6.71. The molecular weight excluding hydrogens is 375 g/mol. The van der Waals surface area contributed by atoms with Crippen molar-refractivity contribution in [2.45, 2.75) is 57.5 Å². The van der Waals surface area contributed by atoms with E-state index in [0.29, 0.717) is 5.15 Å². The molecule has 5 heteroatoms. The van der Waals surface area contributed by atoms with Crippen LogP contribution in [-0.4, -0.2) is 17.1 Å². The Hall–Kier alpha value is 0.0600. The van der Waals surface area contributed by atoms with Gasteiger partial charge in [0.2, 0.25) is 0 Å². The van der Waals surface area contributed by atoms with Crippen molar-refractivity contribution in [1.82, 2.24) is 9.97 Å². The zero-order valence-corrected chi connectivity index (χ0v) is 14.8. The Balaban J connectivity index is 2.56. The maximum Gasteiger partial charge on any atom is 0.162 e. The van der Waals surface area contributed by atoms with Gasteiger partial charge in [0.15, 0.2) is 5.82 Å². The van der Waals surface area contributed by atoms with Gasteiger partial charge in [-0.05, 0) is 48.3 Å². The molecule has 3 nitrogen and oxygen atoms in total. The van der Waals surface area contributed by atoms with E-state index in [1.165, 1.54) is 0 Å². The highest BCUT2D eigenvalue weighted by atomic mass is 127. The lowest BCUT2D eigenvalue weighted by Crippen LogP contribution is -2.30. The molecule has 0 aromatic carbocycles. The lowest BCUT2D eigenvalue weighted by atomic mass is 9.91. The molecule has 1 aromatic rings. The highest BCUT2D eigenvalue weighted by molar-refractivity contribution is 14.1. The molecule has 0 radical (unpaired) electrons. The Bertz CT molecular complexity index is 479. The monoisotopic (exact) mass is 394 g/mol. The number of ether oxygens (including phenoxy) is 1. The van der Waals surface area contributed by atoms with Gasteiger partial charge in [-0.1, -0.05) is 32.4 Å². The van der Waals surface area contributed by atoms with Crippen LogP contribution in [0.15, 0.2) is 0 Å². The van der Waals surface area contributed by atoms with Gasteiger partial charge >= 0.3 is 0 Å². The molecule has 0 amide bonds. The molecule has 0 spiro atoms. The summed E-state index contributed by atoms with van der Waals surface area (Å²) in [6, 6.07) is 0. The summed E-state index contributed by atoms with van der Waals surface area (Å²) in [5.74, 6) is 0.753. The Morgan fingerprint density at radius 3 is 2.26 bits per heavy atom. The predicted molar refractivity (Wildman–Crippen MR) is 85.6 cm³/mol. The molecule has 1 saturated carbocycles. The third-order valence-corrected chi connectivity index (χ3v) is 5.34. The quantitative estimate of drug-likeness (QED) is 0.549. The van der Waals surface area contributed by atoms with Gasteiger partial charge in [0.1, 0.15) is 10.8 Å². The SMILES string of the molecule is COC1(c2nc(Cl)c(I)c(C(C)(C)C)n2)CCCC1. The summed E-state index contributed by atoms with van der Waals surface area (Å²) in [5.41, 5.74) is 0.616. The fourth-order valence-corrected chi connectivity index (χ4v) is 3.81. The lowest BCUT2D eigenvalue weighted by Gasteiger charge is -2.28. The highest BCUT2D eigenvalue weighted by Crippen LogP contribution is 2.41. The predicted octanol–water partition coefficient (Wildman–Crippen LogP) is 4.45. The molecule has 1 aliphatic rings. The van der Waals surface area contributed by atoms with Gasteiger partial charge in [-0.25, -0.2) is 9.97 Å². The van der Waals surface area contributed by atoms with E-state index >= 15 is 0 Å². The number of hydrogen-bond acceptors (Lipinski definition) is 3. The minimum Gasteiger partial charge on any atom is -0.370 e. The smallest absolute Gasteiger partial charge is 0.162 e. The number of rotatable bonds is 2. The molecule has 0 atom stereocenters. The van der Waals surface area contributed by atoms with Crippen molar-refractivity contribution in [3.63, 3.8) is 0 Å². The van der Waals surface area contributed by atoms with Crippen LogP contribution < -0.4 is 0 Å². The number of nitrogens with zero attached hydrogens (tertiary/aromatic N) is 2. The van der Waals surface area contributed by atoms with Gasteiger partial charge in [0, 0.05) is 12.5 Å². The van der Waals surface area contributed by atoms with Crippen LogP contribution in [0.1, 0.15) is 58.0 Å². The van der Waals surface area contributed by atoms with Gasteiger partial charge in [-0.15, -0.1) is 0 Å². The molecule has 0 aliphatic heterocycles. The maximum absolute atomic E-state index is 6.31. The zero-order chi connectivity index (χ0) is 14.3. The Kier molecular flexibility index (Phi) is 4.43. The molecule has 106 valence electrons. The topological polar surface area (TPSA) is 35.0 Å². The molecule has 0 saturated heterocycles. The Labute approximate surface area is 133 Å². The molecule has 2 rings (SSSR count). The van der Waals surface area contributed by atoms with Crippen LogP contribution in [0.4, 0.5) is 0 Å². The second kappa shape index (κ2) is 5.45. The van der Waals surface area contributed by atoms with Crippen molar-refractivity contribution in [1.29, 1.82) is 0 Å². The molecule has 19 heavy (non-hydrogen) atoms. The molecular formula is C14H20ClIN2O. The van der Waals surface area contributed by atoms with Crippen molar-refractivity contribution < 1.29 is 4.74 Å². The van der Waals surface area contributed by atoms with E-state index in [4.69, 9.17) is 21.3 Å². The third-order valence-electron chi connectivity index (χ3n) is 3.73. The van der Waals surface area contributed by atoms with Crippen LogP contribution in [-0.2, 0) is 15.8 Å². The number of methoxy groups -OCH3 is 1. The second-order valence-electron chi connectivity index (χ2n) is 6.16. The minimum absolute atomic E-state index is 0.0502. The van der Waals surface area contributed by atoms with E-state index in [0.717, 1.165) is 40.8 Å². The highest BCUT2D eigenvalue weighted by Gasteiger charge is 2.40. The van der Waals surface area contributed by atoms with Crippen LogP contribution in [0.2, 0.25) is 5.15 Å². The van der Waals surface area contributed by atoms with E-state index in [9.17, 15) is 0 Å². The van der Waals surface area contributed by atoms with E-state index < -0.39 is 0 Å². The van der Waals surface area contributed by atoms with Crippen LogP contribution in [0.3, 0.4) is 0 Å². The summed E-state index contributed by atoms with van der Waals surface area (Å²) in [6.45, 7) is 6.43. The van der Waals surface area contributed by atoms with Crippen LogP contribution in [0.25, 0.3) is 0 Å². The van der Waals surface area contributed by atoms with Crippen LogP contribution >= 0.6 is 34.2 Å². The lowest BCUT2D eigenvalue weighted by molar-refractivity contribution is -0.0166. The van der Waals surface area contributed by atoms with Crippen LogP contribution in [0.5, 0.6) is 0 Å². The van der Waals surface area contributed by atoms with Gasteiger partial charge in [0.25, 0.3) is 0 Å². The summed E-state index contributed by atoms with van der Waals surface area (Å²) in [6.07, 6.45) is 4.27. The summed E-state index contributed by atoms with van der Waals surface area (Å²) >= 11 is 8.54. The van der Waals surface area contributed by atoms with Gasteiger partial charge in [-0.2, -0.15) is 0 Å².